The highest BCUT2D eigenvalue weighted by Gasteiger charge is 2.59. The molecule has 0 aromatic rings. The lowest BCUT2D eigenvalue weighted by molar-refractivity contribution is -0.162. The molecule has 30 heavy (non-hydrogen) atoms. The number of carbonyl (C=O) groups is 3. The number of carbonyl (C=O) groups excluding carboxylic acids is 3. The van der Waals surface area contributed by atoms with Crippen LogP contribution >= 0.6 is 0 Å². The monoisotopic (exact) mass is 420 g/mol. The Morgan fingerprint density at radius 3 is 2.53 bits per heavy atom. The van der Waals surface area contributed by atoms with E-state index < -0.39 is 18.0 Å². The summed E-state index contributed by atoms with van der Waals surface area (Å²) in [4.78, 5) is 35.7. The third kappa shape index (κ3) is 4.15. The number of ether oxygens (including phenoxy) is 3. The molecular weight excluding hydrogens is 384 g/mol. The van der Waals surface area contributed by atoms with Gasteiger partial charge in [-0.3, -0.25) is 9.59 Å². The van der Waals surface area contributed by atoms with E-state index in [1.165, 1.54) is 25.8 Å². The van der Waals surface area contributed by atoms with E-state index in [0.29, 0.717) is 5.92 Å². The first-order valence-corrected chi connectivity index (χ1v) is 11.1. The molecule has 0 aromatic heterocycles. The molecule has 3 fully saturated rings. The SMILES string of the molecule is C=C1CCCC(C)(C)[C@@H]2CC[C@@](C)([C@H](COC(C)=O)[C@@H]3COC(=O)[C@H]3OC(C)=O)[C@H]12. The molecule has 6 atom stereocenters. The number of rotatable bonds is 5. The van der Waals surface area contributed by atoms with Crippen LogP contribution in [-0.4, -0.2) is 37.2 Å². The zero-order valence-electron chi connectivity index (χ0n) is 19.0. The average molecular weight is 421 g/mol. The van der Waals surface area contributed by atoms with Crippen LogP contribution in [0.3, 0.4) is 0 Å². The minimum absolute atomic E-state index is 0.169. The summed E-state index contributed by atoms with van der Waals surface area (Å²) in [6, 6.07) is 0. The van der Waals surface area contributed by atoms with E-state index >= 15 is 0 Å². The van der Waals surface area contributed by atoms with Crippen LogP contribution in [0.5, 0.6) is 0 Å². The van der Waals surface area contributed by atoms with Crippen molar-refractivity contribution in [2.75, 3.05) is 13.2 Å². The van der Waals surface area contributed by atoms with Crippen molar-refractivity contribution in [2.24, 2.45) is 34.5 Å². The predicted octanol–water partition coefficient (Wildman–Crippen LogP) is 4.07. The second-order valence-corrected chi connectivity index (χ2v) is 10.4. The second-order valence-electron chi connectivity index (χ2n) is 10.4. The second kappa shape index (κ2) is 8.35. The van der Waals surface area contributed by atoms with Crippen molar-refractivity contribution in [2.45, 2.75) is 72.8 Å². The van der Waals surface area contributed by atoms with Gasteiger partial charge in [0.15, 0.2) is 0 Å². The summed E-state index contributed by atoms with van der Waals surface area (Å²) in [5, 5.41) is 0. The third-order valence-corrected chi connectivity index (χ3v) is 8.03. The number of hydrogen-bond donors (Lipinski definition) is 0. The molecule has 168 valence electrons. The Hall–Kier alpha value is -1.85. The molecule has 0 aromatic carbocycles. The van der Waals surface area contributed by atoms with E-state index in [9.17, 15) is 14.4 Å². The van der Waals surface area contributed by atoms with E-state index in [2.05, 4.69) is 27.4 Å². The van der Waals surface area contributed by atoms with Crippen LogP contribution in [0.1, 0.15) is 66.7 Å². The van der Waals surface area contributed by atoms with Gasteiger partial charge in [0.05, 0.1) is 13.2 Å². The van der Waals surface area contributed by atoms with Gasteiger partial charge in [-0.05, 0) is 54.8 Å². The van der Waals surface area contributed by atoms with Gasteiger partial charge >= 0.3 is 17.9 Å². The summed E-state index contributed by atoms with van der Waals surface area (Å²) in [5.41, 5.74) is 1.23. The van der Waals surface area contributed by atoms with Crippen LogP contribution in [0.15, 0.2) is 12.2 Å². The Morgan fingerprint density at radius 2 is 1.90 bits per heavy atom. The molecule has 1 saturated heterocycles. The standard InChI is InChI=1S/C24H36O6/c1-14-8-7-10-23(4,5)18-9-11-24(6,20(14)18)19(13-28-15(2)25)17-12-29-22(27)21(17)30-16(3)26/h17-21H,1,7-13H2,2-6H3/t17-,18+,19+,20+,21-,24-/m0/s1. The van der Waals surface area contributed by atoms with Gasteiger partial charge in [0, 0.05) is 25.7 Å². The topological polar surface area (TPSA) is 78.9 Å². The molecule has 6 nitrogen and oxygen atoms in total. The van der Waals surface area contributed by atoms with Crippen molar-refractivity contribution in [3.05, 3.63) is 12.2 Å². The lowest BCUT2D eigenvalue weighted by Crippen LogP contribution is -2.46. The maximum absolute atomic E-state index is 12.4. The van der Waals surface area contributed by atoms with Gasteiger partial charge in [0.2, 0.25) is 6.10 Å². The summed E-state index contributed by atoms with van der Waals surface area (Å²) >= 11 is 0. The first-order valence-electron chi connectivity index (χ1n) is 11.1. The molecule has 0 amide bonds. The van der Waals surface area contributed by atoms with Gasteiger partial charge in [-0.15, -0.1) is 0 Å². The molecular formula is C24H36O6. The van der Waals surface area contributed by atoms with Gasteiger partial charge in [-0.1, -0.05) is 32.9 Å². The lowest BCUT2D eigenvalue weighted by atomic mass is 9.59. The molecule has 2 aliphatic carbocycles. The zero-order valence-corrected chi connectivity index (χ0v) is 19.0. The first-order chi connectivity index (χ1) is 14.0. The number of allylic oxidation sites excluding steroid dienone is 1. The Morgan fingerprint density at radius 1 is 1.20 bits per heavy atom. The predicted molar refractivity (Wildman–Crippen MR) is 111 cm³/mol. The van der Waals surface area contributed by atoms with Crippen molar-refractivity contribution in [1.82, 2.24) is 0 Å². The zero-order chi connectivity index (χ0) is 22.3. The Balaban J connectivity index is 2.00. The number of cyclic esters (lactones) is 1. The molecule has 1 heterocycles. The van der Waals surface area contributed by atoms with Gasteiger partial charge < -0.3 is 14.2 Å². The van der Waals surface area contributed by atoms with Crippen LogP contribution < -0.4 is 0 Å². The van der Waals surface area contributed by atoms with Gasteiger partial charge in [-0.2, -0.15) is 0 Å². The summed E-state index contributed by atoms with van der Waals surface area (Å²) < 4.78 is 16.2. The minimum Gasteiger partial charge on any atom is -0.466 e. The number of hydrogen-bond acceptors (Lipinski definition) is 6. The molecule has 0 spiro atoms. The minimum atomic E-state index is -0.953. The highest BCUT2D eigenvalue weighted by Crippen LogP contribution is 2.63. The molecule has 1 aliphatic heterocycles. The fourth-order valence-corrected chi connectivity index (χ4v) is 6.54. The van der Waals surface area contributed by atoms with Crippen molar-refractivity contribution in [3.63, 3.8) is 0 Å². The van der Waals surface area contributed by atoms with E-state index in [-0.39, 0.29) is 47.8 Å². The van der Waals surface area contributed by atoms with E-state index in [4.69, 9.17) is 14.2 Å². The number of esters is 3. The fraction of sp³-hybridized carbons (Fsp3) is 0.792. The fourth-order valence-electron chi connectivity index (χ4n) is 6.54. The van der Waals surface area contributed by atoms with Crippen molar-refractivity contribution in [1.29, 1.82) is 0 Å². The van der Waals surface area contributed by atoms with Crippen molar-refractivity contribution in [3.8, 4) is 0 Å². The molecule has 3 rings (SSSR count). The normalized spacial score (nSPS) is 36.4. The van der Waals surface area contributed by atoms with E-state index in [0.717, 1.165) is 25.7 Å². The summed E-state index contributed by atoms with van der Waals surface area (Å²) in [6.07, 6.45) is 4.36. The highest BCUT2D eigenvalue weighted by molar-refractivity contribution is 5.80. The Kier molecular flexibility index (Phi) is 6.35. The molecule has 0 N–H and O–H groups in total. The Labute approximate surface area is 179 Å². The lowest BCUT2D eigenvalue weighted by Gasteiger charge is -2.46. The van der Waals surface area contributed by atoms with Crippen LogP contribution in [-0.2, 0) is 28.6 Å². The maximum atomic E-state index is 12.4. The van der Waals surface area contributed by atoms with Crippen molar-refractivity contribution < 1.29 is 28.6 Å². The van der Waals surface area contributed by atoms with E-state index in [1.54, 1.807) is 0 Å². The first kappa shape index (κ1) is 22.8. The molecule has 0 radical (unpaired) electrons. The summed E-state index contributed by atoms with van der Waals surface area (Å²) in [7, 11) is 0. The number of fused-ring (bicyclic) bond motifs is 1. The molecule has 0 bridgehead atoms. The molecule has 0 unspecified atom stereocenters. The smallest absolute Gasteiger partial charge is 0.347 e. The van der Waals surface area contributed by atoms with Gasteiger partial charge in [0.1, 0.15) is 0 Å². The quantitative estimate of drug-likeness (QED) is 0.379. The molecule has 2 saturated carbocycles. The largest absolute Gasteiger partial charge is 0.466 e. The van der Waals surface area contributed by atoms with Crippen LogP contribution in [0, 0.1) is 34.5 Å². The van der Waals surface area contributed by atoms with Crippen LogP contribution in [0.25, 0.3) is 0 Å². The van der Waals surface area contributed by atoms with Crippen LogP contribution in [0.2, 0.25) is 0 Å². The van der Waals surface area contributed by atoms with Crippen LogP contribution in [0.4, 0.5) is 0 Å². The van der Waals surface area contributed by atoms with Gasteiger partial charge in [-0.25, -0.2) is 4.79 Å². The third-order valence-electron chi connectivity index (χ3n) is 8.03. The molecule has 6 heteroatoms. The summed E-state index contributed by atoms with van der Waals surface area (Å²) in [5.74, 6) is -1.13. The summed E-state index contributed by atoms with van der Waals surface area (Å²) in [6.45, 7) is 14.5. The molecule has 3 aliphatic rings. The average Bonchev–Trinajstić information content (AvgIpc) is 3.13. The Bertz CT molecular complexity index is 725. The van der Waals surface area contributed by atoms with Crippen molar-refractivity contribution >= 4 is 17.9 Å². The van der Waals surface area contributed by atoms with E-state index in [1.807, 2.05) is 0 Å². The van der Waals surface area contributed by atoms with Gasteiger partial charge in [0.25, 0.3) is 0 Å². The highest BCUT2D eigenvalue weighted by atomic mass is 16.6. The maximum Gasteiger partial charge on any atom is 0.347 e.